The Morgan fingerprint density at radius 2 is 2.21 bits per heavy atom. The van der Waals surface area contributed by atoms with Crippen LogP contribution in [0.5, 0.6) is 0 Å². The van der Waals surface area contributed by atoms with Crippen LogP contribution in [0.25, 0.3) is 11.3 Å². The highest BCUT2D eigenvalue weighted by atomic mass is 79.9. The fourth-order valence-corrected chi connectivity index (χ4v) is 2.10. The van der Waals surface area contributed by atoms with E-state index in [1.165, 1.54) is 6.07 Å². The van der Waals surface area contributed by atoms with Crippen LogP contribution < -0.4 is 0 Å². The van der Waals surface area contributed by atoms with Gasteiger partial charge >= 0.3 is 5.97 Å². The van der Waals surface area contributed by atoms with Gasteiger partial charge in [0.25, 0.3) is 0 Å². The van der Waals surface area contributed by atoms with E-state index in [4.69, 9.17) is 4.74 Å². The first-order valence-corrected chi connectivity index (χ1v) is 6.37. The second kappa shape index (κ2) is 5.48. The van der Waals surface area contributed by atoms with Crippen LogP contribution in [0.2, 0.25) is 0 Å². The molecule has 5 nitrogen and oxygen atoms in total. The SMILES string of the molecule is CCOC(=O)c1n[nH]nc1-c1cc(C)c(F)cc1Br. The van der Waals surface area contributed by atoms with E-state index < -0.39 is 5.97 Å². The van der Waals surface area contributed by atoms with Crippen LogP contribution >= 0.6 is 15.9 Å². The van der Waals surface area contributed by atoms with Gasteiger partial charge in [-0.15, -0.1) is 5.10 Å². The van der Waals surface area contributed by atoms with Gasteiger partial charge in [-0.2, -0.15) is 10.3 Å². The minimum atomic E-state index is -0.569. The molecule has 0 unspecified atom stereocenters. The van der Waals surface area contributed by atoms with Crippen LogP contribution in [-0.2, 0) is 4.74 Å². The summed E-state index contributed by atoms with van der Waals surface area (Å²) < 4.78 is 18.8. The fraction of sp³-hybridized carbons (Fsp3) is 0.250. The molecule has 0 fully saturated rings. The van der Waals surface area contributed by atoms with Crippen molar-refractivity contribution in [3.05, 3.63) is 33.7 Å². The monoisotopic (exact) mass is 327 g/mol. The summed E-state index contributed by atoms with van der Waals surface area (Å²) in [6.45, 7) is 3.58. The summed E-state index contributed by atoms with van der Waals surface area (Å²) in [5.41, 5.74) is 1.44. The van der Waals surface area contributed by atoms with Crippen LogP contribution in [0.1, 0.15) is 23.0 Å². The third-order valence-electron chi connectivity index (χ3n) is 2.52. The lowest BCUT2D eigenvalue weighted by Crippen LogP contribution is -2.07. The van der Waals surface area contributed by atoms with Crippen LogP contribution in [0.3, 0.4) is 0 Å². The minimum absolute atomic E-state index is 0.0774. The van der Waals surface area contributed by atoms with Crippen molar-refractivity contribution in [3.8, 4) is 11.3 Å². The highest BCUT2D eigenvalue weighted by molar-refractivity contribution is 9.10. The van der Waals surface area contributed by atoms with Crippen LogP contribution in [-0.4, -0.2) is 28.0 Å². The van der Waals surface area contributed by atoms with E-state index in [9.17, 15) is 9.18 Å². The molecule has 1 heterocycles. The summed E-state index contributed by atoms with van der Waals surface area (Å²) in [6, 6.07) is 2.92. The Kier molecular flexibility index (Phi) is 3.94. The molecule has 0 bridgehead atoms. The van der Waals surface area contributed by atoms with Gasteiger partial charge in [0.05, 0.1) is 6.61 Å². The summed E-state index contributed by atoms with van der Waals surface area (Å²) in [7, 11) is 0. The highest BCUT2D eigenvalue weighted by Crippen LogP contribution is 2.30. The fourth-order valence-electron chi connectivity index (χ4n) is 1.60. The lowest BCUT2D eigenvalue weighted by atomic mass is 10.1. The van der Waals surface area contributed by atoms with E-state index >= 15 is 0 Å². The maximum atomic E-state index is 13.4. The van der Waals surface area contributed by atoms with Gasteiger partial charge in [-0.25, -0.2) is 9.18 Å². The average molecular weight is 328 g/mol. The lowest BCUT2D eigenvalue weighted by Gasteiger charge is -2.06. The van der Waals surface area contributed by atoms with E-state index in [0.29, 0.717) is 21.3 Å². The number of aromatic amines is 1. The zero-order valence-corrected chi connectivity index (χ0v) is 11.9. The standard InChI is InChI=1S/C12H11BrFN3O2/c1-3-19-12(18)11-10(15-17-16-11)7-4-6(2)9(14)5-8(7)13/h4-5H,3H2,1-2H3,(H,15,16,17). The summed E-state index contributed by atoms with van der Waals surface area (Å²) in [5.74, 6) is -0.906. The number of carbonyl (C=O) groups is 1. The van der Waals surface area contributed by atoms with Crippen molar-refractivity contribution in [1.82, 2.24) is 15.4 Å². The molecule has 0 saturated heterocycles. The quantitative estimate of drug-likeness (QED) is 0.880. The first kappa shape index (κ1) is 13.7. The van der Waals surface area contributed by atoms with Crippen molar-refractivity contribution >= 4 is 21.9 Å². The Bertz CT molecular complexity index is 627. The molecule has 0 atom stereocenters. The van der Waals surface area contributed by atoms with Crippen molar-refractivity contribution in [1.29, 1.82) is 0 Å². The van der Waals surface area contributed by atoms with Gasteiger partial charge in [0.15, 0.2) is 5.69 Å². The Morgan fingerprint density at radius 3 is 2.89 bits per heavy atom. The maximum absolute atomic E-state index is 13.4. The summed E-state index contributed by atoms with van der Waals surface area (Å²) in [5, 5.41) is 10.1. The van der Waals surface area contributed by atoms with Gasteiger partial charge in [-0.05, 0) is 47.5 Å². The minimum Gasteiger partial charge on any atom is -0.461 e. The number of ether oxygens (including phenoxy) is 1. The maximum Gasteiger partial charge on any atom is 0.361 e. The van der Waals surface area contributed by atoms with E-state index in [-0.39, 0.29) is 18.1 Å². The number of H-pyrrole nitrogens is 1. The van der Waals surface area contributed by atoms with Gasteiger partial charge in [0.1, 0.15) is 11.5 Å². The second-order valence-corrected chi connectivity index (χ2v) is 4.68. The molecule has 7 heteroatoms. The second-order valence-electron chi connectivity index (χ2n) is 3.82. The first-order chi connectivity index (χ1) is 9.04. The van der Waals surface area contributed by atoms with Gasteiger partial charge in [-0.1, -0.05) is 0 Å². The molecule has 1 aromatic carbocycles. The third-order valence-corrected chi connectivity index (χ3v) is 3.18. The molecule has 0 radical (unpaired) electrons. The number of rotatable bonds is 3. The van der Waals surface area contributed by atoms with Crippen molar-refractivity contribution in [2.75, 3.05) is 6.61 Å². The smallest absolute Gasteiger partial charge is 0.361 e. The van der Waals surface area contributed by atoms with Crippen LogP contribution in [0.15, 0.2) is 16.6 Å². The molecule has 2 aromatic rings. The Hall–Kier alpha value is -1.76. The van der Waals surface area contributed by atoms with E-state index in [1.807, 2.05) is 0 Å². The first-order valence-electron chi connectivity index (χ1n) is 5.58. The molecule has 0 spiro atoms. The Morgan fingerprint density at radius 1 is 1.47 bits per heavy atom. The molecule has 1 aromatic heterocycles. The number of carbonyl (C=O) groups excluding carboxylic acids is 1. The molecule has 0 amide bonds. The van der Waals surface area contributed by atoms with E-state index in [0.717, 1.165) is 0 Å². The summed E-state index contributed by atoms with van der Waals surface area (Å²) in [4.78, 5) is 11.7. The molecule has 100 valence electrons. The van der Waals surface area contributed by atoms with E-state index in [2.05, 4.69) is 31.3 Å². The van der Waals surface area contributed by atoms with Gasteiger partial charge in [0.2, 0.25) is 0 Å². The Balaban J connectivity index is 2.51. The molecular weight excluding hydrogens is 317 g/mol. The van der Waals surface area contributed by atoms with Crippen molar-refractivity contribution in [2.45, 2.75) is 13.8 Å². The molecule has 0 saturated carbocycles. The topological polar surface area (TPSA) is 67.9 Å². The molecule has 0 aliphatic heterocycles. The number of nitrogens with one attached hydrogen (secondary N) is 1. The number of halogens is 2. The van der Waals surface area contributed by atoms with Gasteiger partial charge < -0.3 is 4.74 Å². The molecule has 2 rings (SSSR count). The molecule has 0 aliphatic carbocycles. The number of aryl methyl sites for hydroxylation is 1. The van der Waals surface area contributed by atoms with E-state index in [1.54, 1.807) is 19.9 Å². The van der Waals surface area contributed by atoms with Crippen molar-refractivity contribution in [3.63, 3.8) is 0 Å². The number of hydrogen-bond acceptors (Lipinski definition) is 4. The lowest BCUT2D eigenvalue weighted by molar-refractivity contribution is 0.0520. The molecule has 0 aliphatic rings. The number of benzene rings is 1. The third kappa shape index (κ3) is 2.65. The van der Waals surface area contributed by atoms with Crippen LogP contribution in [0.4, 0.5) is 4.39 Å². The van der Waals surface area contributed by atoms with Crippen LogP contribution in [0, 0.1) is 12.7 Å². The predicted molar refractivity (Wildman–Crippen MR) is 70.2 cm³/mol. The van der Waals surface area contributed by atoms with Gasteiger partial charge in [0, 0.05) is 10.0 Å². The largest absolute Gasteiger partial charge is 0.461 e. The average Bonchev–Trinajstić information content (AvgIpc) is 2.83. The zero-order valence-electron chi connectivity index (χ0n) is 10.3. The van der Waals surface area contributed by atoms with Crippen molar-refractivity contribution in [2.24, 2.45) is 0 Å². The summed E-state index contributed by atoms with van der Waals surface area (Å²) in [6.07, 6.45) is 0. The predicted octanol–water partition coefficient (Wildman–Crippen LogP) is 2.86. The number of hydrogen-bond donors (Lipinski definition) is 1. The van der Waals surface area contributed by atoms with Crippen molar-refractivity contribution < 1.29 is 13.9 Å². The normalized spacial score (nSPS) is 10.5. The summed E-state index contributed by atoms with van der Waals surface area (Å²) >= 11 is 3.25. The molecule has 1 N–H and O–H groups in total. The zero-order chi connectivity index (χ0) is 14.0. The molecule has 19 heavy (non-hydrogen) atoms. The number of nitrogens with zero attached hydrogens (tertiary/aromatic N) is 2. The number of aromatic nitrogens is 3. The number of esters is 1. The van der Waals surface area contributed by atoms with Gasteiger partial charge in [-0.3, -0.25) is 0 Å². The Labute approximate surface area is 117 Å². The highest BCUT2D eigenvalue weighted by Gasteiger charge is 2.21. The molecular formula is C12H11BrFN3O2.